The Morgan fingerprint density at radius 1 is 1.36 bits per heavy atom. The zero-order valence-electron chi connectivity index (χ0n) is 8.65. The van der Waals surface area contributed by atoms with Crippen LogP contribution >= 0.6 is 0 Å². The molecule has 0 saturated heterocycles. The molecule has 4 heteroatoms. The quantitative estimate of drug-likeness (QED) is 0.307. The van der Waals surface area contributed by atoms with Crippen molar-refractivity contribution < 1.29 is 5.21 Å². The van der Waals surface area contributed by atoms with Gasteiger partial charge in [0.25, 0.3) is 0 Å². The fourth-order valence-corrected chi connectivity index (χ4v) is 1.13. The van der Waals surface area contributed by atoms with E-state index < -0.39 is 0 Å². The Morgan fingerprint density at radius 3 is 2.50 bits per heavy atom. The van der Waals surface area contributed by atoms with Crippen LogP contribution in [0.5, 0.6) is 0 Å². The molecule has 76 valence electrons. The Balaban J connectivity index is 3.03. The van der Waals surface area contributed by atoms with Crippen LogP contribution < -0.4 is 10.6 Å². The van der Waals surface area contributed by atoms with Crippen molar-refractivity contribution in [2.24, 2.45) is 10.9 Å². The summed E-state index contributed by atoms with van der Waals surface area (Å²) in [5, 5.41) is 11.4. The minimum Gasteiger partial charge on any atom is -0.408 e. The maximum atomic E-state index is 8.51. The van der Waals surface area contributed by atoms with Crippen molar-refractivity contribution in [2.75, 3.05) is 11.9 Å². The number of guanidine groups is 1. The number of benzene rings is 1. The molecule has 0 aliphatic rings. The molecule has 14 heavy (non-hydrogen) atoms. The zero-order chi connectivity index (χ0) is 10.7. The van der Waals surface area contributed by atoms with E-state index in [1.54, 1.807) is 11.9 Å². The molecule has 4 nitrogen and oxygen atoms in total. The molecule has 0 radical (unpaired) electrons. The summed E-state index contributed by atoms with van der Waals surface area (Å²) in [6.45, 7) is 4.07. The van der Waals surface area contributed by atoms with Crippen LogP contribution in [0.2, 0.25) is 0 Å². The summed E-state index contributed by atoms with van der Waals surface area (Å²) >= 11 is 0. The number of anilines is 1. The maximum absolute atomic E-state index is 8.51. The Labute approximate surface area is 83.6 Å². The van der Waals surface area contributed by atoms with Gasteiger partial charge in [0.15, 0.2) is 0 Å². The molecule has 0 atom stereocenters. The van der Waals surface area contributed by atoms with Crippen LogP contribution in [0.25, 0.3) is 0 Å². The van der Waals surface area contributed by atoms with E-state index in [9.17, 15) is 0 Å². The molecule has 0 fully saturated rings. The standard InChI is InChI=1S/C10H15N3O/c1-7-4-5-9(6-8(7)2)13(3)10(11)12-14/h4-6,14H,1-3H3,(H2,11,12). The fourth-order valence-electron chi connectivity index (χ4n) is 1.13. The van der Waals surface area contributed by atoms with Gasteiger partial charge in [0.1, 0.15) is 0 Å². The van der Waals surface area contributed by atoms with Gasteiger partial charge in [-0.25, -0.2) is 0 Å². The topological polar surface area (TPSA) is 61.8 Å². The van der Waals surface area contributed by atoms with Gasteiger partial charge >= 0.3 is 0 Å². The summed E-state index contributed by atoms with van der Waals surface area (Å²) in [5.41, 5.74) is 8.77. The largest absolute Gasteiger partial charge is 0.408 e. The monoisotopic (exact) mass is 193 g/mol. The van der Waals surface area contributed by atoms with Crippen LogP contribution in [-0.2, 0) is 0 Å². The third kappa shape index (κ3) is 1.96. The number of nitrogens with zero attached hydrogens (tertiary/aromatic N) is 2. The van der Waals surface area contributed by atoms with Crippen molar-refractivity contribution in [1.29, 1.82) is 0 Å². The van der Waals surface area contributed by atoms with Gasteiger partial charge in [-0.2, -0.15) is 0 Å². The normalized spacial score (nSPS) is 11.5. The predicted molar refractivity (Wildman–Crippen MR) is 57.7 cm³/mol. The number of nitrogens with two attached hydrogens (primary N) is 1. The smallest absolute Gasteiger partial charge is 0.237 e. The highest BCUT2D eigenvalue weighted by Gasteiger charge is 2.05. The molecule has 0 aliphatic heterocycles. The Kier molecular flexibility index (Phi) is 2.96. The highest BCUT2D eigenvalue weighted by Crippen LogP contribution is 2.17. The molecule has 0 heterocycles. The van der Waals surface area contributed by atoms with Crippen LogP contribution in [0.15, 0.2) is 23.4 Å². The molecular formula is C10H15N3O. The highest BCUT2D eigenvalue weighted by atomic mass is 16.4. The third-order valence-electron chi connectivity index (χ3n) is 2.32. The molecule has 3 N–H and O–H groups in total. The lowest BCUT2D eigenvalue weighted by Crippen LogP contribution is -2.33. The van der Waals surface area contributed by atoms with Crippen LogP contribution in [0.3, 0.4) is 0 Å². The number of aryl methyl sites for hydroxylation is 2. The number of rotatable bonds is 1. The van der Waals surface area contributed by atoms with E-state index in [1.165, 1.54) is 11.1 Å². The fraction of sp³-hybridized carbons (Fsp3) is 0.300. The second kappa shape index (κ2) is 4.00. The van der Waals surface area contributed by atoms with Crippen molar-refractivity contribution in [2.45, 2.75) is 13.8 Å². The van der Waals surface area contributed by atoms with E-state index in [-0.39, 0.29) is 5.96 Å². The van der Waals surface area contributed by atoms with Gasteiger partial charge in [-0.1, -0.05) is 11.2 Å². The zero-order valence-corrected chi connectivity index (χ0v) is 8.65. The molecule has 0 saturated carbocycles. The van der Waals surface area contributed by atoms with Crippen LogP contribution in [0.4, 0.5) is 5.69 Å². The minimum atomic E-state index is 0.0771. The molecule has 0 aliphatic carbocycles. The van der Waals surface area contributed by atoms with Crippen LogP contribution in [0, 0.1) is 13.8 Å². The summed E-state index contributed by atoms with van der Waals surface area (Å²) in [7, 11) is 1.75. The van der Waals surface area contributed by atoms with E-state index in [2.05, 4.69) is 5.16 Å². The highest BCUT2D eigenvalue weighted by molar-refractivity contribution is 5.93. The molecule has 1 aromatic carbocycles. The summed E-state index contributed by atoms with van der Waals surface area (Å²) in [6.07, 6.45) is 0. The molecule has 0 aromatic heterocycles. The predicted octanol–water partition coefficient (Wildman–Crippen LogP) is 1.44. The lowest BCUT2D eigenvalue weighted by atomic mass is 10.1. The second-order valence-electron chi connectivity index (χ2n) is 3.29. The van der Waals surface area contributed by atoms with E-state index in [4.69, 9.17) is 10.9 Å². The minimum absolute atomic E-state index is 0.0771. The van der Waals surface area contributed by atoms with Gasteiger partial charge in [-0.3, -0.25) is 0 Å². The summed E-state index contributed by atoms with van der Waals surface area (Å²) in [4.78, 5) is 1.62. The van der Waals surface area contributed by atoms with Gasteiger partial charge in [0, 0.05) is 12.7 Å². The number of oxime groups is 1. The van der Waals surface area contributed by atoms with Crippen molar-refractivity contribution in [3.05, 3.63) is 29.3 Å². The van der Waals surface area contributed by atoms with E-state index >= 15 is 0 Å². The maximum Gasteiger partial charge on any atom is 0.237 e. The SMILES string of the molecule is Cc1ccc(N(C)C(N)=NO)cc1C. The first-order valence-corrected chi connectivity index (χ1v) is 4.34. The molecule has 1 aromatic rings. The molecule has 0 unspecified atom stereocenters. The average molecular weight is 193 g/mol. The summed E-state index contributed by atoms with van der Waals surface area (Å²) < 4.78 is 0. The first kappa shape index (κ1) is 10.4. The molecule has 0 spiro atoms. The molecule has 0 bridgehead atoms. The van der Waals surface area contributed by atoms with Gasteiger partial charge in [0.05, 0.1) is 0 Å². The number of hydrogen-bond donors (Lipinski definition) is 2. The van der Waals surface area contributed by atoms with E-state index in [0.717, 1.165) is 5.69 Å². The van der Waals surface area contributed by atoms with Crippen LogP contribution in [-0.4, -0.2) is 18.2 Å². The Hall–Kier alpha value is -1.71. The van der Waals surface area contributed by atoms with Crippen molar-refractivity contribution >= 4 is 11.6 Å². The van der Waals surface area contributed by atoms with Gasteiger partial charge in [-0.05, 0) is 37.1 Å². The third-order valence-corrected chi connectivity index (χ3v) is 2.32. The molecule has 1 rings (SSSR count). The van der Waals surface area contributed by atoms with E-state index in [1.807, 2.05) is 32.0 Å². The van der Waals surface area contributed by atoms with Gasteiger partial charge < -0.3 is 15.8 Å². The van der Waals surface area contributed by atoms with Crippen molar-refractivity contribution in [3.63, 3.8) is 0 Å². The molecular weight excluding hydrogens is 178 g/mol. The summed E-state index contributed by atoms with van der Waals surface area (Å²) in [5.74, 6) is 0.0771. The first-order valence-electron chi connectivity index (χ1n) is 4.34. The lowest BCUT2D eigenvalue weighted by molar-refractivity contribution is 0.317. The number of hydrogen-bond acceptors (Lipinski definition) is 2. The van der Waals surface area contributed by atoms with Gasteiger partial charge in [0.2, 0.25) is 5.96 Å². The first-order chi connectivity index (χ1) is 6.56. The van der Waals surface area contributed by atoms with Crippen LogP contribution in [0.1, 0.15) is 11.1 Å². The van der Waals surface area contributed by atoms with Gasteiger partial charge in [-0.15, -0.1) is 0 Å². The lowest BCUT2D eigenvalue weighted by Gasteiger charge is -2.17. The van der Waals surface area contributed by atoms with Crippen molar-refractivity contribution in [3.8, 4) is 0 Å². The van der Waals surface area contributed by atoms with Crippen molar-refractivity contribution in [1.82, 2.24) is 0 Å². The second-order valence-corrected chi connectivity index (χ2v) is 3.29. The summed E-state index contributed by atoms with van der Waals surface area (Å²) in [6, 6.07) is 5.93. The Morgan fingerprint density at radius 2 is 2.00 bits per heavy atom. The Bertz CT molecular complexity index is 360. The average Bonchev–Trinajstić information content (AvgIpc) is 2.20. The van der Waals surface area contributed by atoms with E-state index in [0.29, 0.717) is 0 Å². The molecule has 0 amide bonds.